The van der Waals surface area contributed by atoms with Gasteiger partial charge in [0, 0.05) is 19.4 Å². The average molecular weight is 664 g/mol. The molecule has 1 rings (SSSR count). The van der Waals surface area contributed by atoms with Crippen molar-refractivity contribution >= 4 is 11.7 Å². The standard InChI is InChI=1S/C41H78N2O4/c1-3-4-5-6-7-8-9-14-17-20-23-27-32-40(45)41(46)42-36-39(44)37-47-38(2)31-26-22-19-16-13-11-10-12-15-18-21-24-28-33-43-34-29-25-30-35-43/h39,44H,2-37H2,1H3,(H,42,46)/p+1. The second-order valence-corrected chi connectivity index (χ2v) is 14.7. The van der Waals surface area contributed by atoms with Crippen molar-refractivity contribution in [3.05, 3.63) is 12.3 Å². The molecule has 1 fully saturated rings. The van der Waals surface area contributed by atoms with Crippen LogP contribution in [0.25, 0.3) is 0 Å². The molecule has 0 aromatic carbocycles. The zero-order valence-corrected chi connectivity index (χ0v) is 31.2. The van der Waals surface area contributed by atoms with Crippen molar-refractivity contribution in [2.24, 2.45) is 0 Å². The Hall–Kier alpha value is -1.40. The van der Waals surface area contributed by atoms with Crippen LogP contribution in [0, 0.1) is 0 Å². The summed E-state index contributed by atoms with van der Waals surface area (Å²) in [6, 6.07) is 0. The number of allylic oxidation sites excluding steroid dienone is 1. The van der Waals surface area contributed by atoms with Gasteiger partial charge < -0.3 is 20.1 Å². The summed E-state index contributed by atoms with van der Waals surface area (Å²) in [5.41, 5.74) is 0. The number of likely N-dealkylation sites (tertiary alicyclic amines) is 1. The topological polar surface area (TPSA) is 80.1 Å². The van der Waals surface area contributed by atoms with Gasteiger partial charge in [0.1, 0.15) is 12.7 Å². The molecule has 6 heteroatoms. The minimum atomic E-state index is -0.847. The van der Waals surface area contributed by atoms with E-state index in [4.69, 9.17) is 4.74 Å². The third-order valence-electron chi connectivity index (χ3n) is 10.0. The Labute approximate surface area is 291 Å². The SMILES string of the molecule is C=C(CCCCCCCCCCCCCCC[NH+]1CCCCC1)OCC(O)CNC(=O)C(=O)CCCCCCCCCCCCCC. The van der Waals surface area contributed by atoms with Gasteiger partial charge in [-0.25, -0.2) is 0 Å². The molecular formula is C41H79N2O4+. The van der Waals surface area contributed by atoms with E-state index in [1.54, 1.807) is 0 Å². The van der Waals surface area contributed by atoms with Crippen LogP contribution in [0.5, 0.6) is 0 Å². The Balaban J connectivity index is 1.82. The minimum Gasteiger partial charge on any atom is -0.496 e. The normalized spacial score (nSPS) is 14.3. The number of unbranched alkanes of at least 4 members (excludes halogenated alkanes) is 23. The third-order valence-corrected chi connectivity index (χ3v) is 10.0. The first-order valence-corrected chi connectivity index (χ1v) is 20.7. The van der Waals surface area contributed by atoms with Gasteiger partial charge in [0.15, 0.2) is 0 Å². The van der Waals surface area contributed by atoms with Gasteiger partial charge in [-0.3, -0.25) is 9.59 Å². The van der Waals surface area contributed by atoms with Crippen molar-refractivity contribution in [2.75, 3.05) is 32.8 Å². The van der Waals surface area contributed by atoms with E-state index in [2.05, 4.69) is 18.8 Å². The maximum absolute atomic E-state index is 12.1. The van der Waals surface area contributed by atoms with E-state index in [0.29, 0.717) is 5.76 Å². The number of aliphatic hydroxyl groups excluding tert-OH is 1. The highest BCUT2D eigenvalue weighted by Crippen LogP contribution is 2.15. The largest absolute Gasteiger partial charge is 0.496 e. The second kappa shape index (κ2) is 33.1. The van der Waals surface area contributed by atoms with E-state index in [-0.39, 0.29) is 25.4 Å². The zero-order valence-electron chi connectivity index (χ0n) is 31.2. The van der Waals surface area contributed by atoms with Crippen LogP contribution in [0.2, 0.25) is 0 Å². The van der Waals surface area contributed by atoms with Gasteiger partial charge in [-0.1, -0.05) is 148 Å². The first-order valence-electron chi connectivity index (χ1n) is 20.7. The van der Waals surface area contributed by atoms with Crippen molar-refractivity contribution < 1.29 is 24.3 Å². The number of carbonyl (C=O) groups is 2. The summed E-state index contributed by atoms with van der Waals surface area (Å²) in [6.07, 6.45) is 36.8. The molecule has 47 heavy (non-hydrogen) atoms. The van der Waals surface area contributed by atoms with Crippen molar-refractivity contribution in [2.45, 2.75) is 206 Å². The fourth-order valence-corrected chi connectivity index (χ4v) is 6.84. The van der Waals surface area contributed by atoms with Crippen LogP contribution in [-0.4, -0.2) is 55.7 Å². The molecule has 1 amide bonds. The van der Waals surface area contributed by atoms with Crippen LogP contribution in [0.15, 0.2) is 12.3 Å². The number of rotatable bonds is 35. The second-order valence-electron chi connectivity index (χ2n) is 14.7. The van der Waals surface area contributed by atoms with Crippen LogP contribution < -0.4 is 10.2 Å². The van der Waals surface area contributed by atoms with Gasteiger partial charge in [-0.2, -0.15) is 0 Å². The lowest BCUT2D eigenvalue weighted by molar-refractivity contribution is -0.905. The number of ether oxygens (including phenoxy) is 1. The van der Waals surface area contributed by atoms with Crippen LogP contribution in [0.4, 0.5) is 0 Å². The first-order chi connectivity index (χ1) is 23.0. The number of aliphatic hydroxyl groups is 1. The van der Waals surface area contributed by atoms with Crippen molar-refractivity contribution in [3.8, 4) is 0 Å². The van der Waals surface area contributed by atoms with E-state index in [9.17, 15) is 14.7 Å². The van der Waals surface area contributed by atoms with Crippen molar-refractivity contribution in [3.63, 3.8) is 0 Å². The lowest BCUT2D eigenvalue weighted by Gasteiger charge is -2.23. The van der Waals surface area contributed by atoms with Crippen LogP contribution >= 0.6 is 0 Å². The quantitative estimate of drug-likeness (QED) is 0.0359. The number of quaternary nitrogens is 1. The monoisotopic (exact) mass is 664 g/mol. The van der Waals surface area contributed by atoms with E-state index < -0.39 is 12.0 Å². The highest BCUT2D eigenvalue weighted by molar-refractivity contribution is 6.36. The summed E-state index contributed by atoms with van der Waals surface area (Å²) < 4.78 is 5.60. The zero-order chi connectivity index (χ0) is 34.0. The van der Waals surface area contributed by atoms with E-state index in [0.717, 1.165) is 32.1 Å². The number of nitrogens with one attached hydrogen (secondary N) is 2. The minimum absolute atomic E-state index is 0.0237. The first kappa shape index (κ1) is 43.6. The summed E-state index contributed by atoms with van der Waals surface area (Å²) in [5, 5.41) is 12.7. The third kappa shape index (κ3) is 29.3. The Morgan fingerprint density at radius 1 is 0.638 bits per heavy atom. The fraction of sp³-hybridized carbons (Fsp3) is 0.902. The van der Waals surface area contributed by atoms with E-state index in [1.807, 2.05) is 4.90 Å². The number of piperidine rings is 1. The molecule has 1 aliphatic rings. The lowest BCUT2D eigenvalue weighted by atomic mass is 10.0. The predicted molar refractivity (Wildman–Crippen MR) is 199 cm³/mol. The molecule has 1 heterocycles. The molecule has 0 bridgehead atoms. The van der Waals surface area contributed by atoms with Gasteiger partial charge in [0.2, 0.25) is 5.78 Å². The predicted octanol–water partition coefficient (Wildman–Crippen LogP) is 9.18. The fourth-order valence-electron chi connectivity index (χ4n) is 6.84. The molecule has 1 atom stereocenters. The maximum atomic E-state index is 12.1. The molecule has 276 valence electrons. The van der Waals surface area contributed by atoms with Crippen molar-refractivity contribution in [1.82, 2.24) is 5.32 Å². The summed E-state index contributed by atoms with van der Waals surface area (Å²) in [5.74, 6) is -0.300. The maximum Gasteiger partial charge on any atom is 0.287 e. The number of hydrogen-bond acceptors (Lipinski definition) is 4. The Morgan fingerprint density at radius 2 is 1.06 bits per heavy atom. The molecule has 3 N–H and O–H groups in total. The average Bonchev–Trinajstić information content (AvgIpc) is 3.08. The van der Waals surface area contributed by atoms with Gasteiger partial charge >= 0.3 is 0 Å². The molecule has 0 spiro atoms. The van der Waals surface area contributed by atoms with Gasteiger partial charge in [-0.05, 0) is 44.9 Å². The van der Waals surface area contributed by atoms with Gasteiger partial charge in [-0.15, -0.1) is 0 Å². The molecule has 0 aliphatic carbocycles. The summed E-state index contributed by atoms with van der Waals surface area (Å²) in [4.78, 5) is 26.1. The molecule has 1 unspecified atom stereocenters. The molecular weight excluding hydrogens is 584 g/mol. The molecule has 0 saturated carbocycles. The lowest BCUT2D eigenvalue weighted by Crippen LogP contribution is -3.12. The summed E-state index contributed by atoms with van der Waals surface area (Å²) in [6.45, 7) is 10.6. The molecule has 0 aromatic heterocycles. The van der Waals surface area contributed by atoms with Crippen LogP contribution in [-0.2, 0) is 14.3 Å². The number of ketones is 1. The smallest absolute Gasteiger partial charge is 0.287 e. The summed E-state index contributed by atoms with van der Waals surface area (Å²) in [7, 11) is 0. The molecule has 0 aromatic rings. The number of carbonyl (C=O) groups excluding carboxylic acids is 2. The van der Waals surface area contributed by atoms with E-state index in [1.165, 1.54) is 174 Å². The summed E-state index contributed by atoms with van der Waals surface area (Å²) >= 11 is 0. The Kier molecular flexibility index (Phi) is 30.7. The Morgan fingerprint density at radius 3 is 1.55 bits per heavy atom. The van der Waals surface area contributed by atoms with Crippen LogP contribution in [0.3, 0.4) is 0 Å². The van der Waals surface area contributed by atoms with Gasteiger partial charge in [0.05, 0.1) is 25.4 Å². The van der Waals surface area contributed by atoms with E-state index >= 15 is 0 Å². The molecule has 0 radical (unpaired) electrons. The molecule has 1 aliphatic heterocycles. The number of Topliss-reactive ketones (excluding diaryl/α,β-unsaturated/α-hetero) is 1. The number of hydrogen-bond donors (Lipinski definition) is 3. The Bertz CT molecular complexity index is 737. The van der Waals surface area contributed by atoms with Crippen molar-refractivity contribution in [1.29, 1.82) is 0 Å². The molecule has 6 nitrogen and oxygen atoms in total. The van der Waals surface area contributed by atoms with Gasteiger partial charge in [0.25, 0.3) is 5.91 Å². The number of amides is 1. The molecule has 1 saturated heterocycles. The van der Waals surface area contributed by atoms with Crippen LogP contribution in [0.1, 0.15) is 200 Å². The highest BCUT2D eigenvalue weighted by Gasteiger charge is 2.15. The highest BCUT2D eigenvalue weighted by atomic mass is 16.5.